The lowest BCUT2D eigenvalue weighted by molar-refractivity contribution is 0.472. The minimum absolute atomic E-state index is 0.123. The topological polar surface area (TPSA) is 180 Å². The van der Waals surface area contributed by atoms with E-state index in [1.807, 2.05) is 0 Å². The van der Waals surface area contributed by atoms with Crippen molar-refractivity contribution in [1.29, 1.82) is 0 Å². The number of nitrogens with zero attached hydrogens (tertiary/aromatic N) is 2. The van der Waals surface area contributed by atoms with E-state index in [0.29, 0.717) is 5.69 Å². The van der Waals surface area contributed by atoms with Gasteiger partial charge in [0.25, 0.3) is 20.2 Å². The molecule has 10 nitrogen and oxygen atoms in total. The Bertz CT molecular complexity index is 1320. The number of nitrogen functional groups attached to an aromatic ring is 1. The average Bonchev–Trinajstić information content (AvgIpc) is 2.59. The van der Waals surface area contributed by atoms with Gasteiger partial charge in [0.05, 0.1) is 10.6 Å². The van der Waals surface area contributed by atoms with Gasteiger partial charge in [-0.15, -0.1) is 5.11 Å². The molecule has 0 aliphatic heterocycles. The maximum Gasteiger partial charge on any atom is 0.296 e. The van der Waals surface area contributed by atoms with Gasteiger partial charge in [-0.2, -0.15) is 21.9 Å². The first kappa shape index (κ1) is 19.7. The SMILES string of the molecule is Nc1cc(S(=O)(=O)O)cc2cc(S(=O)(=O)O)c(/N=N/c3ccccc3)c(O)c12. The van der Waals surface area contributed by atoms with Crippen molar-refractivity contribution in [2.45, 2.75) is 9.79 Å². The number of phenolic OH excluding ortho intramolecular Hbond substituents is 1. The number of benzene rings is 3. The number of phenols is 1. The third kappa shape index (κ3) is 3.80. The molecule has 3 aromatic rings. The Morgan fingerprint density at radius 1 is 0.857 bits per heavy atom. The Balaban J connectivity index is 2.36. The minimum Gasteiger partial charge on any atom is -0.505 e. The van der Waals surface area contributed by atoms with Crippen LogP contribution >= 0.6 is 0 Å². The standard InChI is InChI=1S/C16H13N3O7S2/c17-12-8-11(27(21,22)23)6-9-7-13(28(24,25)26)15(16(20)14(9)12)19-18-10-4-2-1-3-5-10/h1-8,20H,17H2,(H,21,22,23)(H,24,25,26)/b19-18+. The normalized spacial score (nSPS) is 12.6. The van der Waals surface area contributed by atoms with E-state index in [-0.39, 0.29) is 16.5 Å². The third-order valence-electron chi connectivity index (χ3n) is 3.75. The summed E-state index contributed by atoms with van der Waals surface area (Å²) in [7, 11) is -9.53. The molecule has 146 valence electrons. The van der Waals surface area contributed by atoms with Crippen LogP contribution in [0.4, 0.5) is 17.1 Å². The molecule has 0 saturated carbocycles. The van der Waals surface area contributed by atoms with E-state index in [4.69, 9.17) is 5.73 Å². The molecule has 0 fully saturated rings. The first-order valence-electron chi connectivity index (χ1n) is 7.49. The highest BCUT2D eigenvalue weighted by molar-refractivity contribution is 7.86. The maximum atomic E-state index is 11.8. The van der Waals surface area contributed by atoms with Crippen LogP contribution in [-0.4, -0.2) is 31.0 Å². The molecule has 0 unspecified atom stereocenters. The fourth-order valence-electron chi connectivity index (χ4n) is 2.54. The van der Waals surface area contributed by atoms with Gasteiger partial charge in [0.15, 0.2) is 5.75 Å². The summed E-state index contributed by atoms with van der Waals surface area (Å²) in [5.74, 6) is -0.732. The number of fused-ring (bicyclic) bond motifs is 1. The number of hydrogen-bond acceptors (Lipinski definition) is 8. The molecule has 0 aromatic heterocycles. The summed E-state index contributed by atoms with van der Waals surface area (Å²) < 4.78 is 65.0. The van der Waals surface area contributed by atoms with E-state index < -0.39 is 41.5 Å². The molecule has 0 heterocycles. The van der Waals surface area contributed by atoms with Crippen LogP contribution < -0.4 is 5.73 Å². The molecule has 0 atom stereocenters. The van der Waals surface area contributed by atoms with E-state index in [0.717, 1.165) is 18.2 Å². The van der Waals surface area contributed by atoms with Crippen LogP contribution in [0, 0.1) is 0 Å². The molecule has 5 N–H and O–H groups in total. The summed E-state index contributed by atoms with van der Waals surface area (Å²) in [6.07, 6.45) is 0. The Labute approximate surface area is 159 Å². The largest absolute Gasteiger partial charge is 0.505 e. The number of hydrogen-bond donors (Lipinski definition) is 4. The van der Waals surface area contributed by atoms with Crippen molar-refractivity contribution in [3.8, 4) is 5.75 Å². The molecule has 3 rings (SSSR count). The predicted molar refractivity (Wildman–Crippen MR) is 100 cm³/mol. The van der Waals surface area contributed by atoms with Gasteiger partial charge in [0.1, 0.15) is 10.6 Å². The lowest BCUT2D eigenvalue weighted by atomic mass is 10.1. The Morgan fingerprint density at radius 2 is 1.50 bits per heavy atom. The zero-order valence-electron chi connectivity index (χ0n) is 13.9. The number of rotatable bonds is 4. The molecule has 0 bridgehead atoms. The molecule has 0 amide bonds. The molecule has 0 saturated heterocycles. The lowest BCUT2D eigenvalue weighted by Crippen LogP contribution is -2.02. The second kappa shape index (κ2) is 6.83. The summed E-state index contributed by atoms with van der Waals surface area (Å²) in [5, 5.41) is 17.8. The molecule has 3 aromatic carbocycles. The van der Waals surface area contributed by atoms with Crippen LogP contribution in [0.2, 0.25) is 0 Å². The molecule has 12 heteroatoms. The average molecular weight is 423 g/mol. The van der Waals surface area contributed by atoms with E-state index in [2.05, 4.69) is 10.2 Å². The molecular formula is C16H13N3O7S2. The van der Waals surface area contributed by atoms with Gasteiger partial charge in [-0.3, -0.25) is 9.11 Å². The number of anilines is 1. The zero-order valence-corrected chi connectivity index (χ0v) is 15.5. The second-order valence-electron chi connectivity index (χ2n) is 5.67. The van der Waals surface area contributed by atoms with Crippen molar-refractivity contribution in [1.82, 2.24) is 0 Å². The first-order valence-corrected chi connectivity index (χ1v) is 10.4. The monoisotopic (exact) mass is 423 g/mol. The van der Waals surface area contributed by atoms with Gasteiger partial charge in [-0.25, -0.2) is 0 Å². The fourth-order valence-corrected chi connectivity index (χ4v) is 3.75. The van der Waals surface area contributed by atoms with Gasteiger partial charge >= 0.3 is 0 Å². The molecule has 0 aliphatic carbocycles. The van der Waals surface area contributed by atoms with Crippen molar-refractivity contribution in [2.75, 3.05) is 5.73 Å². The lowest BCUT2D eigenvalue weighted by Gasteiger charge is -2.11. The highest BCUT2D eigenvalue weighted by Crippen LogP contribution is 2.44. The van der Waals surface area contributed by atoms with Crippen molar-refractivity contribution >= 4 is 48.1 Å². The fraction of sp³-hybridized carbons (Fsp3) is 0. The molecule has 0 radical (unpaired) electrons. The summed E-state index contributed by atoms with van der Waals surface area (Å²) in [6, 6.07) is 10.8. The smallest absolute Gasteiger partial charge is 0.296 e. The van der Waals surface area contributed by atoms with Crippen LogP contribution in [0.3, 0.4) is 0 Å². The molecule has 0 spiro atoms. The van der Waals surface area contributed by atoms with Crippen molar-refractivity contribution in [3.63, 3.8) is 0 Å². The van der Waals surface area contributed by atoms with E-state index in [1.165, 1.54) is 0 Å². The van der Waals surface area contributed by atoms with Crippen LogP contribution in [-0.2, 0) is 20.2 Å². The van der Waals surface area contributed by atoms with Gasteiger partial charge in [-0.05, 0) is 35.7 Å². The number of azo groups is 1. The summed E-state index contributed by atoms with van der Waals surface area (Å²) in [5.41, 5.74) is 5.27. The van der Waals surface area contributed by atoms with Crippen LogP contribution in [0.5, 0.6) is 5.75 Å². The number of nitrogens with two attached hydrogens (primary N) is 1. The van der Waals surface area contributed by atoms with Crippen LogP contribution in [0.25, 0.3) is 10.8 Å². The maximum absolute atomic E-state index is 11.8. The predicted octanol–water partition coefficient (Wildman–Crippen LogP) is 3.04. The third-order valence-corrected chi connectivity index (χ3v) is 5.45. The second-order valence-corrected chi connectivity index (χ2v) is 8.48. The number of aromatic hydroxyl groups is 1. The molecular weight excluding hydrogens is 410 g/mol. The Hall–Kier alpha value is -3.06. The van der Waals surface area contributed by atoms with Gasteiger partial charge in [0, 0.05) is 11.1 Å². The summed E-state index contributed by atoms with van der Waals surface area (Å²) in [4.78, 5) is -1.43. The molecule has 0 aliphatic rings. The molecule has 28 heavy (non-hydrogen) atoms. The highest BCUT2D eigenvalue weighted by atomic mass is 32.2. The highest BCUT2D eigenvalue weighted by Gasteiger charge is 2.24. The minimum atomic E-state index is -4.88. The summed E-state index contributed by atoms with van der Waals surface area (Å²) in [6.45, 7) is 0. The van der Waals surface area contributed by atoms with E-state index in [9.17, 15) is 31.0 Å². The summed E-state index contributed by atoms with van der Waals surface area (Å²) >= 11 is 0. The quantitative estimate of drug-likeness (QED) is 0.281. The van der Waals surface area contributed by atoms with Crippen molar-refractivity contribution < 1.29 is 31.0 Å². The zero-order chi connectivity index (χ0) is 20.7. The van der Waals surface area contributed by atoms with Gasteiger partial charge in [-0.1, -0.05) is 18.2 Å². The van der Waals surface area contributed by atoms with E-state index in [1.54, 1.807) is 30.3 Å². The van der Waals surface area contributed by atoms with E-state index >= 15 is 0 Å². The first-order chi connectivity index (χ1) is 13.0. The van der Waals surface area contributed by atoms with Crippen molar-refractivity contribution in [3.05, 3.63) is 48.5 Å². The van der Waals surface area contributed by atoms with Crippen LogP contribution in [0.1, 0.15) is 0 Å². The Kier molecular flexibility index (Phi) is 4.81. The van der Waals surface area contributed by atoms with Crippen LogP contribution in [0.15, 0.2) is 68.6 Å². The van der Waals surface area contributed by atoms with Crippen molar-refractivity contribution in [2.24, 2.45) is 10.2 Å². The van der Waals surface area contributed by atoms with Gasteiger partial charge in [0.2, 0.25) is 0 Å². The Morgan fingerprint density at radius 3 is 2.07 bits per heavy atom. The van der Waals surface area contributed by atoms with Gasteiger partial charge < -0.3 is 10.8 Å².